The van der Waals surface area contributed by atoms with E-state index in [0.29, 0.717) is 42.4 Å². The van der Waals surface area contributed by atoms with Crippen molar-refractivity contribution >= 4 is 23.9 Å². The number of ether oxygens (including phenoxy) is 5. The second kappa shape index (κ2) is 13.4. The van der Waals surface area contributed by atoms with Crippen LogP contribution in [0.2, 0.25) is 0 Å². The molecule has 1 aliphatic heterocycles. The molecule has 0 bridgehead atoms. The van der Waals surface area contributed by atoms with Crippen molar-refractivity contribution in [1.82, 2.24) is 0 Å². The Morgan fingerprint density at radius 2 is 1.24 bits per heavy atom. The first kappa shape index (κ1) is 31.0. The number of hydrogen-bond donors (Lipinski definition) is 1. The van der Waals surface area contributed by atoms with Crippen LogP contribution in [-0.4, -0.2) is 41.2 Å². The molecule has 2 atom stereocenters. The molecular weight excluding hydrogens is 544 g/mol. The van der Waals surface area contributed by atoms with Crippen molar-refractivity contribution in [3.8, 4) is 28.7 Å². The summed E-state index contributed by atoms with van der Waals surface area (Å²) >= 11 is 0. The Balaban J connectivity index is 1.82. The van der Waals surface area contributed by atoms with E-state index in [4.69, 9.17) is 23.7 Å². The summed E-state index contributed by atoms with van der Waals surface area (Å²) < 4.78 is 28.4. The van der Waals surface area contributed by atoms with Gasteiger partial charge in [-0.05, 0) is 55.0 Å². The van der Waals surface area contributed by atoms with Crippen molar-refractivity contribution in [2.45, 2.75) is 97.0 Å². The molecule has 0 aromatic heterocycles. The van der Waals surface area contributed by atoms with E-state index in [1.165, 1.54) is 6.07 Å². The smallest absolute Gasteiger partial charge is 0.311 e. The summed E-state index contributed by atoms with van der Waals surface area (Å²) in [6, 6.07) is 6.43. The lowest BCUT2D eigenvalue weighted by Gasteiger charge is -2.37. The van der Waals surface area contributed by atoms with Crippen molar-refractivity contribution in [2.75, 3.05) is 6.61 Å². The highest BCUT2D eigenvalue weighted by Crippen LogP contribution is 2.56. The van der Waals surface area contributed by atoms with Gasteiger partial charge in [-0.3, -0.25) is 19.2 Å². The lowest BCUT2D eigenvalue weighted by Crippen LogP contribution is -2.44. The standard InChI is InChI=1S/C32H38O10/c1-5-9-25(33)39-22-14-13-20-29-21-16-24(41-27(35)11-7-3)23(40-26(34)10-6-2)15-19(21)17-32(29,37)18-38-30(20)31(22)42-28(36)12-8-4/h13-16,29,37H,5-12,17-18H2,1-4H3/t29-,32+/m0/s1. The lowest BCUT2D eigenvalue weighted by atomic mass is 9.80. The van der Waals surface area contributed by atoms with E-state index in [9.17, 15) is 24.3 Å². The fraction of sp³-hybridized carbons (Fsp3) is 0.500. The molecule has 1 heterocycles. The molecule has 0 spiro atoms. The van der Waals surface area contributed by atoms with Crippen LogP contribution in [-0.2, 0) is 25.6 Å². The van der Waals surface area contributed by atoms with Gasteiger partial charge in [-0.2, -0.15) is 0 Å². The normalized spacial score (nSPS) is 18.2. The van der Waals surface area contributed by atoms with E-state index in [1.54, 1.807) is 18.2 Å². The van der Waals surface area contributed by atoms with Gasteiger partial charge in [-0.15, -0.1) is 0 Å². The van der Waals surface area contributed by atoms with Crippen LogP contribution in [0.25, 0.3) is 0 Å². The maximum atomic E-state index is 12.6. The summed E-state index contributed by atoms with van der Waals surface area (Å²) in [5.41, 5.74) is 0.463. The third kappa shape index (κ3) is 6.59. The minimum Gasteiger partial charge on any atom is -0.486 e. The largest absolute Gasteiger partial charge is 0.486 e. The summed E-state index contributed by atoms with van der Waals surface area (Å²) in [4.78, 5) is 49.7. The number of esters is 4. The van der Waals surface area contributed by atoms with Gasteiger partial charge in [0.2, 0.25) is 5.75 Å². The van der Waals surface area contributed by atoms with Gasteiger partial charge in [0.15, 0.2) is 23.0 Å². The van der Waals surface area contributed by atoms with E-state index < -0.39 is 35.4 Å². The second-order valence-corrected chi connectivity index (χ2v) is 10.7. The maximum Gasteiger partial charge on any atom is 0.311 e. The predicted octanol–water partition coefficient (Wildman–Crippen LogP) is 5.32. The molecule has 42 heavy (non-hydrogen) atoms. The van der Waals surface area contributed by atoms with Gasteiger partial charge in [-0.1, -0.05) is 33.8 Å². The van der Waals surface area contributed by atoms with Crippen molar-refractivity contribution in [3.05, 3.63) is 41.0 Å². The maximum absolute atomic E-state index is 12.6. The molecule has 1 N–H and O–H groups in total. The van der Waals surface area contributed by atoms with E-state index in [0.717, 1.165) is 0 Å². The van der Waals surface area contributed by atoms with Gasteiger partial charge in [0.1, 0.15) is 12.2 Å². The third-order valence-electron chi connectivity index (χ3n) is 7.14. The molecule has 2 aliphatic rings. The zero-order chi connectivity index (χ0) is 30.4. The Bertz CT molecular complexity index is 1360. The average Bonchev–Trinajstić information content (AvgIpc) is 3.21. The highest BCUT2D eigenvalue weighted by Gasteiger charge is 2.51. The SMILES string of the molecule is CCCC(=O)Oc1cc2c(cc1OC(=O)CCC)[C@@H]1c3ccc(OC(=O)CCC)c(OC(=O)CCC)c3OC[C@]1(O)C2. The summed E-state index contributed by atoms with van der Waals surface area (Å²) in [5.74, 6) is -2.20. The van der Waals surface area contributed by atoms with Crippen LogP contribution in [0.1, 0.15) is 102 Å². The van der Waals surface area contributed by atoms with Crippen molar-refractivity contribution in [2.24, 2.45) is 0 Å². The number of fused-ring (bicyclic) bond motifs is 5. The van der Waals surface area contributed by atoms with Crippen molar-refractivity contribution in [3.63, 3.8) is 0 Å². The van der Waals surface area contributed by atoms with Crippen LogP contribution < -0.4 is 23.7 Å². The van der Waals surface area contributed by atoms with E-state index >= 15 is 0 Å². The van der Waals surface area contributed by atoms with Crippen LogP contribution in [0.5, 0.6) is 28.7 Å². The number of benzene rings is 2. The Morgan fingerprint density at radius 1 is 0.738 bits per heavy atom. The first-order chi connectivity index (χ1) is 20.1. The van der Waals surface area contributed by atoms with Crippen LogP contribution in [0, 0.1) is 0 Å². The number of rotatable bonds is 12. The first-order valence-electron chi connectivity index (χ1n) is 14.7. The molecule has 0 saturated heterocycles. The number of hydrogen-bond acceptors (Lipinski definition) is 10. The molecule has 10 nitrogen and oxygen atoms in total. The highest BCUT2D eigenvalue weighted by atomic mass is 16.6. The monoisotopic (exact) mass is 582 g/mol. The molecule has 2 aromatic carbocycles. The summed E-state index contributed by atoms with van der Waals surface area (Å²) in [5, 5.41) is 11.8. The van der Waals surface area contributed by atoms with Gasteiger partial charge < -0.3 is 28.8 Å². The Morgan fingerprint density at radius 3 is 1.79 bits per heavy atom. The number of carbonyl (C=O) groups excluding carboxylic acids is 4. The zero-order valence-corrected chi connectivity index (χ0v) is 24.6. The third-order valence-corrected chi connectivity index (χ3v) is 7.14. The topological polar surface area (TPSA) is 135 Å². The Kier molecular flexibility index (Phi) is 9.88. The van der Waals surface area contributed by atoms with E-state index in [2.05, 4.69) is 0 Å². The zero-order valence-electron chi connectivity index (χ0n) is 24.6. The van der Waals surface area contributed by atoms with Crippen LogP contribution >= 0.6 is 0 Å². The Hall–Kier alpha value is -3.92. The van der Waals surface area contributed by atoms with Gasteiger partial charge in [-0.25, -0.2) is 0 Å². The lowest BCUT2D eigenvalue weighted by molar-refractivity contribution is -0.137. The molecule has 10 heteroatoms. The minimum absolute atomic E-state index is 0.0226. The van der Waals surface area contributed by atoms with Crippen molar-refractivity contribution in [1.29, 1.82) is 0 Å². The molecule has 226 valence electrons. The number of aliphatic hydroxyl groups is 1. The van der Waals surface area contributed by atoms with Gasteiger partial charge in [0.25, 0.3) is 0 Å². The van der Waals surface area contributed by atoms with Crippen LogP contribution in [0.4, 0.5) is 0 Å². The minimum atomic E-state index is -1.39. The summed E-state index contributed by atoms with van der Waals surface area (Å²) in [6.07, 6.45) is 3.17. The number of carbonyl (C=O) groups is 4. The molecule has 0 radical (unpaired) electrons. The first-order valence-corrected chi connectivity index (χ1v) is 14.7. The Labute approximate surface area is 245 Å². The highest BCUT2D eigenvalue weighted by molar-refractivity contribution is 5.80. The second-order valence-electron chi connectivity index (χ2n) is 10.7. The molecule has 0 fully saturated rings. The predicted molar refractivity (Wildman–Crippen MR) is 151 cm³/mol. The van der Waals surface area contributed by atoms with Gasteiger partial charge in [0.05, 0.1) is 0 Å². The van der Waals surface area contributed by atoms with Gasteiger partial charge >= 0.3 is 23.9 Å². The molecular formula is C32H38O10. The molecule has 0 unspecified atom stereocenters. The molecule has 2 aromatic rings. The quantitative estimate of drug-likeness (QED) is 0.259. The summed E-state index contributed by atoms with van der Waals surface area (Å²) in [7, 11) is 0. The van der Waals surface area contributed by atoms with E-state index in [1.807, 2.05) is 27.7 Å². The average molecular weight is 583 g/mol. The molecule has 0 saturated carbocycles. The van der Waals surface area contributed by atoms with E-state index in [-0.39, 0.29) is 67.5 Å². The molecule has 0 amide bonds. The van der Waals surface area contributed by atoms with Crippen molar-refractivity contribution < 1.29 is 48.0 Å². The van der Waals surface area contributed by atoms with Crippen LogP contribution in [0.15, 0.2) is 24.3 Å². The molecule has 4 rings (SSSR count). The fourth-order valence-corrected chi connectivity index (χ4v) is 5.32. The van der Waals surface area contributed by atoms with Gasteiger partial charge in [0, 0.05) is 43.6 Å². The summed E-state index contributed by atoms with van der Waals surface area (Å²) in [6.45, 7) is 7.24. The fourth-order valence-electron chi connectivity index (χ4n) is 5.32. The van der Waals surface area contributed by atoms with Crippen LogP contribution in [0.3, 0.4) is 0 Å². The molecule has 1 aliphatic carbocycles.